The molecule has 0 radical (unpaired) electrons. The van der Waals surface area contributed by atoms with Gasteiger partial charge in [-0.15, -0.1) is 0 Å². The van der Waals surface area contributed by atoms with Crippen LogP contribution in [-0.2, 0) is 0 Å². The minimum absolute atomic E-state index is 0.794. The van der Waals surface area contributed by atoms with Crippen LogP contribution in [0.15, 0.2) is 0 Å². The van der Waals surface area contributed by atoms with Gasteiger partial charge in [-0.25, -0.2) is 0 Å². The summed E-state index contributed by atoms with van der Waals surface area (Å²) < 4.78 is 0. The van der Waals surface area contributed by atoms with Crippen LogP contribution in [0.2, 0.25) is 0 Å². The molecule has 0 heterocycles. The fraction of sp³-hybridized carbons (Fsp3) is 1.00. The van der Waals surface area contributed by atoms with Gasteiger partial charge in [0.1, 0.15) is 0 Å². The summed E-state index contributed by atoms with van der Waals surface area (Å²) in [5, 5.41) is 3.55. The van der Waals surface area contributed by atoms with E-state index in [1.165, 1.54) is 64.2 Å². The highest BCUT2D eigenvalue weighted by Crippen LogP contribution is 2.26. The molecule has 0 aliphatic heterocycles. The lowest BCUT2D eigenvalue weighted by atomic mass is 9.84. The number of hydrogen-bond acceptors (Lipinski definition) is 1. The lowest BCUT2D eigenvalue weighted by Crippen LogP contribution is -2.34. The average Bonchev–Trinajstić information content (AvgIpc) is 2.21. The first kappa shape index (κ1) is 13.0. The minimum atomic E-state index is 0.794. The molecule has 0 bridgehead atoms. The molecule has 1 unspecified atom stereocenters. The molecule has 0 aromatic heterocycles. The van der Waals surface area contributed by atoms with Crippen LogP contribution in [0.25, 0.3) is 0 Å². The van der Waals surface area contributed by atoms with Crippen LogP contribution in [0, 0.1) is 5.92 Å². The third kappa shape index (κ3) is 5.01. The van der Waals surface area contributed by atoms with Gasteiger partial charge in [0, 0.05) is 6.04 Å². The van der Waals surface area contributed by atoms with E-state index in [0.29, 0.717) is 0 Å². The number of unbranched alkanes of at least 4 members (excludes halogenated alkanes) is 1. The Bertz CT molecular complexity index is 136. The summed E-state index contributed by atoms with van der Waals surface area (Å²) >= 11 is 0. The second-order valence-electron chi connectivity index (χ2n) is 5.14. The molecule has 1 heteroatoms. The molecule has 15 heavy (non-hydrogen) atoms. The van der Waals surface area contributed by atoms with Gasteiger partial charge in [0.2, 0.25) is 0 Å². The van der Waals surface area contributed by atoms with Crippen molar-refractivity contribution in [2.75, 3.05) is 7.05 Å². The Morgan fingerprint density at radius 2 is 1.67 bits per heavy atom. The molecule has 1 aliphatic rings. The molecule has 1 fully saturated rings. The quantitative estimate of drug-likeness (QED) is 0.721. The summed E-state index contributed by atoms with van der Waals surface area (Å²) in [5.41, 5.74) is 0. The van der Waals surface area contributed by atoms with Crippen LogP contribution in [0.5, 0.6) is 0 Å². The fourth-order valence-electron chi connectivity index (χ4n) is 2.93. The molecule has 0 spiro atoms. The van der Waals surface area contributed by atoms with Gasteiger partial charge in [-0.1, -0.05) is 51.9 Å². The first-order chi connectivity index (χ1) is 7.38. The molecule has 1 aliphatic carbocycles. The number of rotatable bonds is 5. The second kappa shape index (κ2) is 8.15. The third-order valence-corrected chi connectivity index (χ3v) is 3.96. The Morgan fingerprint density at radius 1 is 1.07 bits per heavy atom. The summed E-state index contributed by atoms with van der Waals surface area (Å²) in [7, 11) is 2.15. The van der Waals surface area contributed by atoms with E-state index >= 15 is 0 Å². The molecule has 0 aromatic carbocycles. The van der Waals surface area contributed by atoms with Crippen molar-refractivity contribution in [3.63, 3.8) is 0 Å². The maximum absolute atomic E-state index is 3.55. The largest absolute Gasteiger partial charge is 0.317 e. The first-order valence-corrected chi connectivity index (χ1v) is 7.05. The third-order valence-electron chi connectivity index (χ3n) is 3.96. The smallest absolute Gasteiger partial charge is 0.00923 e. The maximum atomic E-state index is 3.55. The van der Waals surface area contributed by atoms with Crippen LogP contribution in [0.4, 0.5) is 0 Å². The van der Waals surface area contributed by atoms with Crippen molar-refractivity contribution in [3.8, 4) is 0 Å². The molecule has 1 rings (SSSR count). The zero-order valence-corrected chi connectivity index (χ0v) is 10.7. The number of hydrogen-bond donors (Lipinski definition) is 1. The normalized spacial score (nSPS) is 22.0. The van der Waals surface area contributed by atoms with E-state index in [4.69, 9.17) is 0 Å². The van der Waals surface area contributed by atoms with E-state index in [1.54, 1.807) is 0 Å². The molecule has 90 valence electrons. The molecule has 0 aromatic rings. The van der Waals surface area contributed by atoms with Gasteiger partial charge in [0.25, 0.3) is 0 Å². The first-order valence-electron chi connectivity index (χ1n) is 7.05. The SMILES string of the molecule is CCCCC(NC)C1CCCCCCC1. The topological polar surface area (TPSA) is 12.0 Å². The van der Waals surface area contributed by atoms with Gasteiger partial charge in [-0.05, 0) is 32.2 Å². The van der Waals surface area contributed by atoms with E-state index in [2.05, 4.69) is 19.3 Å². The van der Waals surface area contributed by atoms with Crippen molar-refractivity contribution in [2.24, 2.45) is 5.92 Å². The number of nitrogens with one attached hydrogen (secondary N) is 1. The zero-order chi connectivity index (χ0) is 10.9. The summed E-state index contributed by atoms with van der Waals surface area (Å²) in [6, 6.07) is 0.794. The van der Waals surface area contributed by atoms with Crippen molar-refractivity contribution in [1.82, 2.24) is 5.32 Å². The highest BCUT2D eigenvalue weighted by atomic mass is 14.9. The highest BCUT2D eigenvalue weighted by molar-refractivity contribution is 4.76. The van der Waals surface area contributed by atoms with Crippen LogP contribution < -0.4 is 5.32 Å². The van der Waals surface area contributed by atoms with E-state index in [9.17, 15) is 0 Å². The summed E-state index contributed by atoms with van der Waals surface area (Å²) in [5.74, 6) is 0.960. The molecule has 1 saturated carbocycles. The van der Waals surface area contributed by atoms with Crippen molar-refractivity contribution < 1.29 is 0 Å². The Hall–Kier alpha value is -0.0400. The average molecular weight is 211 g/mol. The second-order valence-corrected chi connectivity index (χ2v) is 5.14. The Kier molecular flexibility index (Phi) is 7.08. The van der Waals surface area contributed by atoms with E-state index in [1.807, 2.05) is 0 Å². The molecule has 1 nitrogen and oxygen atoms in total. The van der Waals surface area contributed by atoms with E-state index < -0.39 is 0 Å². The van der Waals surface area contributed by atoms with Crippen LogP contribution in [0.1, 0.15) is 71.1 Å². The van der Waals surface area contributed by atoms with Crippen LogP contribution in [0.3, 0.4) is 0 Å². The standard InChI is InChI=1S/C14H29N/c1-3-4-12-14(15-2)13-10-8-6-5-7-9-11-13/h13-15H,3-12H2,1-2H3. The van der Waals surface area contributed by atoms with Crippen LogP contribution >= 0.6 is 0 Å². The summed E-state index contributed by atoms with van der Waals surface area (Å²) in [6.07, 6.45) is 14.4. The Balaban J connectivity index is 2.33. The van der Waals surface area contributed by atoms with Gasteiger partial charge >= 0.3 is 0 Å². The van der Waals surface area contributed by atoms with Gasteiger partial charge in [0.15, 0.2) is 0 Å². The van der Waals surface area contributed by atoms with Gasteiger partial charge in [-0.2, -0.15) is 0 Å². The summed E-state index contributed by atoms with van der Waals surface area (Å²) in [4.78, 5) is 0. The van der Waals surface area contributed by atoms with Gasteiger partial charge < -0.3 is 5.32 Å². The molecule has 1 N–H and O–H groups in total. The van der Waals surface area contributed by atoms with Gasteiger partial charge in [-0.3, -0.25) is 0 Å². The maximum Gasteiger partial charge on any atom is 0.00923 e. The molecule has 1 atom stereocenters. The summed E-state index contributed by atoms with van der Waals surface area (Å²) in [6.45, 7) is 2.30. The van der Waals surface area contributed by atoms with Crippen molar-refractivity contribution in [3.05, 3.63) is 0 Å². The zero-order valence-electron chi connectivity index (χ0n) is 10.7. The van der Waals surface area contributed by atoms with Gasteiger partial charge in [0.05, 0.1) is 0 Å². The van der Waals surface area contributed by atoms with Crippen molar-refractivity contribution in [1.29, 1.82) is 0 Å². The van der Waals surface area contributed by atoms with Crippen molar-refractivity contribution >= 4 is 0 Å². The Labute approximate surface area is 96.0 Å². The predicted octanol–water partition coefficient (Wildman–Crippen LogP) is 4.13. The highest BCUT2D eigenvalue weighted by Gasteiger charge is 2.19. The molecule has 0 saturated heterocycles. The van der Waals surface area contributed by atoms with E-state index in [-0.39, 0.29) is 0 Å². The lowest BCUT2D eigenvalue weighted by Gasteiger charge is -2.28. The lowest BCUT2D eigenvalue weighted by molar-refractivity contribution is 0.280. The molecular weight excluding hydrogens is 182 g/mol. The Morgan fingerprint density at radius 3 is 2.20 bits per heavy atom. The van der Waals surface area contributed by atoms with Crippen molar-refractivity contribution in [2.45, 2.75) is 77.2 Å². The minimum Gasteiger partial charge on any atom is -0.317 e. The molecule has 0 amide bonds. The fourth-order valence-corrected chi connectivity index (χ4v) is 2.93. The van der Waals surface area contributed by atoms with Crippen LogP contribution in [-0.4, -0.2) is 13.1 Å². The monoisotopic (exact) mass is 211 g/mol. The van der Waals surface area contributed by atoms with E-state index in [0.717, 1.165) is 12.0 Å². The predicted molar refractivity (Wildman–Crippen MR) is 68.2 cm³/mol. The molecular formula is C14H29N.